The lowest BCUT2D eigenvalue weighted by molar-refractivity contribution is -0.385. The highest BCUT2D eigenvalue weighted by Gasteiger charge is 2.53. The van der Waals surface area contributed by atoms with Gasteiger partial charge in [0.15, 0.2) is 0 Å². The summed E-state index contributed by atoms with van der Waals surface area (Å²) in [6, 6.07) is 15.8. The van der Waals surface area contributed by atoms with Gasteiger partial charge in [0.1, 0.15) is 5.92 Å². The van der Waals surface area contributed by atoms with Gasteiger partial charge in [-0.15, -0.1) is 0 Å². The molecule has 3 rings (SSSR count). The Balaban J connectivity index is 1.90. The number of esters is 1. The third kappa shape index (κ3) is 5.92. The number of aliphatic imine (C=N–C) groups is 1. The topological polar surface area (TPSA) is 131 Å². The predicted octanol–water partition coefficient (Wildman–Crippen LogP) is 3.62. The normalized spacial score (nSPS) is 23.9. The Morgan fingerprint density at radius 1 is 1.17 bits per heavy atom. The van der Waals surface area contributed by atoms with Crippen LogP contribution in [0.25, 0.3) is 0 Å². The zero-order chi connectivity index (χ0) is 25.6. The van der Waals surface area contributed by atoms with Crippen molar-refractivity contribution in [1.82, 2.24) is 5.32 Å². The molecule has 0 saturated carbocycles. The molecule has 2 aromatic rings. The fourth-order valence-electron chi connectivity index (χ4n) is 5.03. The van der Waals surface area contributed by atoms with Crippen LogP contribution in [0.3, 0.4) is 0 Å². The van der Waals surface area contributed by atoms with Crippen molar-refractivity contribution < 1.29 is 24.4 Å². The van der Waals surface area contributed by atoms with Gasteiger partial charge in [-0.25, -0.2) is 0 Å². The molecule has 1 heterocycles. The number of rotatable bonds is 10. The number of hydrogen-bond donors (Lipinski definition) is 2. The van der Waals surface area contributed by atoms with Crippen LogP contribution in [0.15, 0.2) is 59.6 Å². The summed E-state index contributed by atoms with van der Waals surface area (Å²) in [7, 11) is 1.24. The summed E-state index contributed by atoms with van der Waals surface area (Å²) < 4.78 is 4.98. The van der Waals surface area contributed by atoms with Crippen molar-refractivity contribution in [2.24, 2.45) is 16.8 Å². The van der Waals surface area contributed by atoms with E-state index in [4.69, 9.17) is 9.73 Å². The average molecular weight is 482 g/mol. The van der Waals surface area contributed by atoms with E-state index < -0.39 is 40.2 Å². The van der Waals surface area contributed by atoms with E-state index in [0.29, 0.717) is 24.2 Å². The maximum absolute atomic E-state index is 12.8. The van der Waals surface area contributed by atoms with Crippen LogP contribution in [0, 0.1) is 22.0 Å². The number of carbonyl (C=O) groups is 2. The predicted molar refractivity (Wildman–Crippen MR) is 132 cm³/mol. The van der Waals surface area contributed by atoms with Crippen molar-refractivity contribution in [3.63, 3.8) is 0 Å². The van der Waals surface area contributed by atoms with Crippen molar-refractivity contribution in [2.45, 2.75) is 38.1 Å². The van der Waals surface area contributed by atoms with E-state index >= 15 is 0 Å². The number of nitrogens with one attached hydrogen (secondary N) is 1. The molecule has 0 fully saturated rings. The number of aliphatic carboxylic acids is 1. The van der Waals surface area contributed by atoms with Crippen LogP contribution in [0.1, 0.15) is 37.3 Å². The molecule has 186 valence electrons. The van der Waals surface area contributed by atoms with E-state index in [1.165, 1.54) is 30.9 Å². The van der Waals surface area contributed by atoms with Gasteiger partial charge in [0.25, 0.3) is 5.69 Å². The van der Waals surface area contributed by atoms with Gasteiger partial charge in [-0.1, -0.05) is 42.5 Å². The number of hydrogen-bond acceptors (Lipinski definition) is 7. The van der Waals surface area contributed by atoms with Crippen LogP contribution in [-0.4, -0.2) is 53.4 Å². The maximum Gasteiger partial charge on any atom is 0.315 e. The lowest BCUT2D eigenvalue weighted by Crippen LogP contribution is -2.52. The number of carboxylic acid groups (broad SMARTS) is 1. The van der Waals surface area contributed by atoms with Crippen LogP contribution >= 0.6 is 0 Å². The number of methoxy groups -OCH3 is 1. The summed E-state index contributed by atoms with van der Waals surface area (Å²) in [5.41, 5.74) is 0.861. The minimum Gasteiger partial charge on any atom is -0.481 e. The number of carbonyl (C=O) groups excluding carboxylic acids is 1. The van der Waals surface area contributed by atoms with Crippen molar-refractivity contribution in [1.29, 1.82) is 0 Å². The fraction of sp³-hybridized carbons (Fsp3) is 0.423. The van der Waals surface area contributed by atoms with Gasteiger partial charge in [-0.05, 0) is 50.9 Å². The quantitative estimate of drug-likeness (QED) is 0.229. The highest BCUT2D eigenvalue weighted by Crippen LogP contribution is 2.47. The summed E-state index contributed by atoms with van der Waals surface area (Å²) in [6.07, 6.45) is 1.25. The molecule has 0 bridgehead atoms. The lowest BCUT2D eigenvalue weighted by atomic mass is 9.64. The van der Waals surface area contributed by atoms with Crippen LogP contribution in [-0.2, 0) is 20.7 Å². The first-order valence-electron chi connectivity index (χ1n) is 11.5. The van der Waals surface area contributed by atoms with E-state index in [9.17, 15) is 24.8 Å². The molecular formula is C26H31N3O6. The molecule has 1 aliphatic heterocycles. The molecule has 1 aliphatic rings. The Morgan fingerprint density at radius 2 is 1.89 bits per heavy atom. The van der Waals surface area contributed by atoms with Crippen molar-refractivity contribution >= 4 is 23.3 Å². The molecule has 2 N–H and O–H groups in total. The van der Waals surface area contributed by atoms with Gasteiger partial charge in [0.05, 0.1) is 23.5 Å². The average Bonchev–Trinajstić information content (AvgIpc) is 2.83. The van der Waals surface area contributed by atoms with Crippen molar-refractivity contribution in [3.8, 4) is 0 Å². The first-order valence-corrected chi connectivity index (χ1v) is 11.5. The molecule has 0 radical (unpaired) electrons. The summed E-state index contributed by atoms with van der Waals surface area (Å²) in [6.45, 7) is 4.70. The standard InChI is InChI=1S/C26H31N3O6/c1-17-21(25(32)35-3)22(19-10-7-11-20(16-19)29(33)34)23(24(30)31)26(2,28-17)13-15-27-14-12-18-8-5-4-6-9-18/h4-11,16,21-23,27H,12-15H2,1-3H3,(H,30,31). The molecule has 0 aliphatic carbocycles. The first-order chi connectivity index (χ1) is 16.7. The van der Waals surface area contributed by atoms with Gasteiger partial charge in [0, 0.05) is 23.8 Å². The van der Waals surface area contributed by atoms with Crippen molar-refractivity contribution in [3.05, 3.63) is 75.8 Å². The third-order valence-electron chi connectivity index (χ3n) is 6.70. The third-order valence-corrected chi connectivity index (χ3v) is 6.70. The molecule has 0 aromatic heterocycles. The molecule has 4 atom stereocenters. The Hall–Kier alpha value is -3.59. The van der Waals surface area contributed by atoms with Crippen molar-refractivity contribution in [2.75, 3.05) is 20.2 Å². The maximum atomic E-state index is 12.8. The minimum absolute atomic E-state index is 0.167. The van der Waals surface area contributed by atoms with E-state index in [2.05, 4.69) is 17.4 Å². The monoisotopic (exact) mass is 481 g/mol. The van der Waals surface area contributed by atoms with E-state index in [1.54, 1.807) is 19.9 Å². The summed E-state index contributed by atoms with van der Waals surface area (Å²) in [4.78, 5) is 41.0. The summed E-state index contributed by atoms with van der Waals surface area (Å²) in [5, 5.41) is 25.1. The SMILES string of the molecule is COC(=O)C1C(C)=NC(C)(CCNCCc2ccccc2)C(C(=O)O)C1c1cccc([N+](=O)[O-])c1. The molecule has 9 heteroatoms. The van der Waals surface area contributed by atoms with Crippen LogP contribution in [0.2, 0.25) is 0 Å². The number of benzene rings is 2. The molecule has 4 unspecified atom stereocenters. The molecular weight excluding hydrogens is 450 g/mol. The van der Waals surface area contributed by atoms with Gasteiger partial charge in [-0.2, -0.15) is 0 Å². The Morgan fingerprint density at radius 3 is 2.51 bits per heavy atom. The highest BCUT2D eigenvalue weighted by molar-refractivity contribution is 6.03. The van der Waals surface area contributed by atoms with E-state index in [-0.39, 0.29) is 5.69 Å². The van der Waals surface area contributed by atoms with Gasteiger partial charge in [-0.3, -0.25) is 24.7 Å². The van der Waals surface area contributed by atoms with E-state index in [1.807, 2.05) is 18.2 Å². The number of non-ortho nitro benzene ring substituents is 1. The summed E-state index contributed by atoms with van der Waals surface area (Å²) in [5.74, 6) is -4.64. The van der Waals surface area contributed by atoms with E-state index in [0.717, 1.165) is 13.0 Å². The zero-order valence-electron chi connectivity index (χ0n) is 20.1. The van der Waals surface area contributed by atoms with Crippen LogP contribution in [0.5, 0.6) is 0 Å². The van der Waals surface area contributed by atoms with Gasteiger partial charge >= 0.3 is 11.9 Å². The van der Waals surface area contributed by atoms with Gasteiger partial charge in [0.2, 0.25) is 0 Å². The second-order valence-corrected chi connectivity index (χ2v) is 9.04. The van der Waals surface area contributed by atoms with Crippen LogP contribution < -0.4 is 5.32 Å². The smallest absolute Gasteiger partial charge is 0.315 e. The largest absolute Gasteiger partial charge is 0.481 e. The summed E-state index contributed by atoms with van der Waals surface area (Å²) >= 11 is 0. The molecule has 2 aromatic carbocycles. The number of carboxylic acids is 1. The molecule has 9 nitrogen and oxygen atoms in total. The molecule has 0 spiro atoms. The number of nitrogens with zero attached hydrogens (tertiary/aromatic N) is 2. The number of nitro benzene ring substituents is 1. The second-order valence-electron chi connectivity index (χ2n) is 9.04. The first kappa shape index (κ1) is 26.0. The number of nitro groups is 1. The Labute approximate surface area is 204 Å². The number of ether oxygens (including phenoxy) is 1. The Kier molecular flexibility index (Phi) is 8.34. The minimum atomic E-state index is -1.11. The molecule has 35 heavy (non-hydrogen) atoms. The molecule has 0 saturated heterocycles. The molecule has 0 amide bonds. The van der Waals surface area contributed by atoms with Gasteiger partial charge < -0.3 is 15.2 Å². The highest BCUT2D eigenvalue weighted by atomic mass is 16.6. The fourth-order valence-corrected chi connectivity index (χ4v) is 5.03. The van der Waals surface area contributed by atoms with Crippen LogP contribution in [0.4, 0.5) is 5.69 Å². The zero-order valence-corrected chi connectivity index (χ0v) is 20.1. The second kappa shape index (κ2) is 11.2. The lowest BCUT2D eigenvalue weighted by Gasteiger charge is -2.44. The Bertz CT molecular complexity index is 1100.